The molecule has 1 unspecified atom stereocenters. The second-order valence-electron chi connectivity index (χ2n) is 3.28. The fourth-order valence-electron chi connectivity index (χ4n) is 1.10. The molecule has 0 bridgehead atoms. The topological polar surface area (TPSA) is 65.8 Å². The molecular formula is C11H12ClN3O. The molecule has 0 saturated heterocycles. The third-order valence-corrected chi connectivity index (χ3v) is 2.51. The highest BCUT2D eigenvalue weighted by atomic mass is 35.5. The largest absolute Gasteiger partial charge is 0.347 e. The van der Waals surface area contributed by atoms with Crippen molar-refractivity contribution in [3.63, 3.8) is 0 Å². The van der Waals surface area contributed by atoms with Crippen LogP contribution in [0.25, 0.3) is 0 Å². The van der Waals surface area contributed by atoms with Crippen molar-refractivity contribution >= 4 is 17.5 Å². The summed E-state index contributed by atoms with van der Waals surface area (Å²) < 4.78 is 0. The average Bonchev–Trinajstić information content (AvgIpc) is 2.35. The summed E-state index contributed by atoms with van der Waals surface area (Å²) in [7, 11) is 0. The number of amides is 1. The zero-order valence-corrected chi connectivity index (χ0v) is 9.66. The van der Waals surface area contributed by atoms with E-state index in [1.54, 1.807) is 6.07 Å². The van der Waals surface area contributed by atoms with Gasteiger partial charge in [0.25, 0.3) is 5.91 Å². The molecule has 0 aliphatic heterocycles. The normalized spacial score (nSPS) is 11.6. The number of rotatable bonds is 4. The first-order valence-corrected chi connectivity index (χ1v) is 5.47. The molecule has 5 heteroatoms. The van der Waals surface area contributed by atoms with Gasteiger partial charge >= 0.3 is 0 Å². The minimum Gasteiger partial charge on any atom is -0.347 e. The van der Waals surface area contributed by atoms with Crippen LogP contribution in [0, 0.1) is 11.3 Å². The lowest BCUT2D eigenvalue weighted by molar-refractivity contribution is 0.0934. The van der Waals surface area contributed by atoms with Gasteiger partial charge in [0.1, 0.15) is 11.8 Å². The van der Waals surface area contributed by atoms with Crippen molar-refractivity contribution < 1.29 is 4.79 Å². The summed E-state index contributed by atoms with van der Waals surface area (Å²) in [5.74, 6) is 0.107. The standard InChI is InChI=1S/C11H12ClN3O/c1-2-9(5-12)15-11(16)10-4-3-8(6-13)7-14-10/h3-4,7,9H,2,5H2,1H3,(H,15,16). The van der Waals surface area contributed by atoms with E-state index in [0.29, 0.717) is 17.1 Å². The highest BCUT2D eigenvalue weighted by Gasteiger charge is 2.11. The lowest BCUT2D eigenvalue weighted by Crippen LogP contribution is -2.36. The molecule has 0 saturated carbocycles. The molecule has 0 aliphatic carbocycles. The summed E-state index contributed by atoms with van der Waals surface area (Å²) in [5, 5.41) is 11.3. The van der Waals surface area contributed by atoms with Gasteiger partial charge in [-0.1, -0.05) is 6.92 Å². The van der Waals surface area contributed by atoms with Gasteiger partial charge < -0.3 is 5.32 Å². The van der Waals surface area contributed by atoms with E-state index in [9.17, 15) is 4.79 Å². The lowest BCUT2D eigenvalue weighted by atomic mass is 10.2. The van der Waals surface area contributed by atoms with Gasteiger partial charge in [-0.25, -0.2) is 4.98 Å². The van der Waals surface area contributed by atoms with Crippen molar-refractivity contribution in [1.82, 2.24) is 10.3 Å². The number of hydrogen-bond acceptors (Lipinski definition) is 3. The van der Waals surface area contributed by atoms with Gasteiger partial charge in [0, 0.05) is 18.1 Å². The van der Waals surface area contributed by atoms with Gasteiger partial charge in [-0.3, -0.25) is 4.79 Å². The van der Waals surface area contributed by atoms with Crippen LogP contribution >= 0.6 is 11.6 Å². The zero-order valence-electron chi connectivity index (χ0n) is 8.90. The third-order valence-electron chi connectivity index (χ3n) is 2.14. The predicted octanol–water partition coefficient (Wildman–Crippen LogP) is 1.70. The molecule has 16 heavy (non-hydrogen) atoms. The third kappa shape index (κ3) is 3.21. The molecule has 84 valence electrons. The number of alkyl halides is 1. The quantitative estimate of drug-likeness (QED) is 0.811. The molecule has 1 N–H and O–H groups in total. The van der Waals surface area contributed by atoms with E-state index in [1.807, 2.05) is 13.0 Å². The van der Waals surface area contributed by atoms with E-state index in [0.717, 1.165) is 6.42 Å². The van der Waals surface area contributed by atoms with E-state index >= 15 is 0 Å². The van der Waals surface area contributed by atoms with Crippen molar-refractivity contribution in [3.8, 4) is 6.07 Å². The molecule has 0 aliphatic rings. The molecule has 1 heterocycles. The Morgan fingerprint density at radius 2 is 2.44 bits per heavy atom. The van der Waals surface area contributed by atoms with Crippen LogP contribution in [0.5, 0.6) is 0 Å². The number of nitrogens with one attached hydrogen (secondary N) is 1. The van der Waals surface area contributed by atoms with E-state index in [-0.39, 0.29) is 11.9 Å². The van der Waals surface area contributed by atoms with Crippen molar-refractivity contribution in [2.75, 3.05) is 5.88 Å². The number of aromatic nitrogens is 1. The van der Waals surface area contributed by atoms with Gasteiger partial charge in [0.2, 0.25) is 0 Å². The monoisotopic (exact) mass is 237 g/mol. The average molecular weight is 238 g/mol. The summed E-state index contributed by atoms with van der Waals surface area (Å²) in [6, 6.07) is 4.97. The highest BCUT2D eigenvalue weighted by Crippen LogP contribution is 2.01. The number of halogens is 1. The molecule has 1 amide bonds. The van der Waals surface area contributed by atoms with Crippen LogP contribution in [-0.2, 0) is 0 Å². The Hall–Kier alpha value is -1.60. The molecule has 1 atom stereocenters. The Bertz CT molecular complexity index is 393. The Morgan fingerprint density at radius 1 is 1.69 bits per heavy atom. The van der Waals surface area contributed by atoms with Gasteiger partial charge in [-0.15, -0.1) is 11.6 Å². The molecule has 1 aromatic rings. The lowest BCUT2D eigenvalue weighted by Gasteiger charge is -2.12. The summed E-state index contributed by atoms with van der Waals surface area (Å²) in [4.78, 5) is 15.6. The van der Waals surface area contributed by atoms with Crippen molar-refractivity contribution in [3.05, 3.63) is 29.6 Å². The minimum absolute atomic E-state index is 0.0494. The first-order chi connectivity index (χ1) is 7.71. The molecule has 1 rings (SSSR count). The van der Waals surface area contributed by atoms with Gasteiger partial charge in [0.05, 0.1) is 5.56 Å². The van der Waals surface area contributed by atoms with Crippen LogP contribution in [0.1, 0.15) is 29.4 Å². The van der Waals surface area contributed by atoms with E-state index in [2.05, 4.69) is 10.3 Å². The van der Waals surface area contributed by atoms with Crippen molar-refractivity contribution in [1.29, 1.82) is 5.26 Å². The molecule has 0 spiro atoms. The van der Waals surface area contributed by atoms with Crippen LogP contribution < -0.4 is 5.32 Å². The van der Waals surface area contributed by atoms with E-state index in [4.69, 9.17) is 16.9 Å². The SMILES string of the molecule is CCC(CCl)NC(=O)c1ccc(C#N)cn1. The Labute approximate surface area is 99.2 Å². The van der Waals surface area contributed by atoms with E-state index < -0.39 is 0 Å². The van der Waals surface area contributed by atoms with Crippen LogP contribution in [0.15, 0.2) is 18.3 Å². The second-order valence-corrected chi connectivity index (χ2v) is 3.59. The summed E-state index contributed by atoms with van der Waals surface area (Å²) >= 11 is 5.67. The number of hydrogen-bond donors (Lipinski definition) is 1. The van der Waals surface area contributed by atoms with Crippen molar-refractivity contribution in [2.45, 2.75) is 19.4 Å². The van der Waals surface area contributed by atoms with Crippen LogP contribution in [0.4, 0.5) is 0 Å². The number of nitriles is 1. The Kier molecular flexibility index (Phi) is 4.74. The van der Waals surface area contributed by atoms with E-state index in [1.165, 1.54) is 12.3 Å². The van der Waals surface area contributed by atoms with Crippen molar-refractivity contribution in [2.24, 2.45) is 0 Å². The van der Waals surface area contributed by atoms with Gasteiger partial charge in [-0.2, -0.15) is 5.26 Å². The summed E-state index contributed by atoms with van der Waals surface area (Å²) in [6.45, 7) is 1.94. The zero-order chi connectivity index (χ0) is 12.0. The Balaban J connectivity index is 2.70. The number of carbonyl (C=O) groups is 1. The first-order valence-electron chi connectivity index (χ1n) is 4.94. The summed E-state index contributed by atoms with van der Waals surface area (Å²) in [6.07, 6.45) is 2.14. The first kappa shape index (κ1) is 12.5. The van der Waals surface area contributed by atoms with Crippen LogP contribution in [0.3, 0.4) is 0 Å². The van der Waals surface area contributed by atoms with Crippen LogP contribution in [0.2, 0.25) is 0 Å². The maximum atomic E-state index is 11.7. The fourth-order valence-corrected chi connectivity index (χ4v) is 1.40. The minimum atomic E-state index is -0.267. The molecule has 1 aromatic heterocycles. The molecule has 0 radical (unpaired) electrons. The maximum Gasteiger partial charge on any atom is 0.270 e. The molecule has 0 fully saturated rings. The predicted molar refractivity (Wildman–Crippen MR) is 61.2 cm³/mol. The smallest absolute Gasteiger partial charge is 0.270 e. The fraction of sp³-hybridized carbons (Fsp3) is 0.364. The van der Waals surface area contributed by atoms with Crippen LogP contribution in [-0.4, -0.2) is 22.8 Å². The maximum absolute atomic E-state index is 11.7. The number of nitrogens with zero attached hydrogens (tertiary/aromatic N) is 2. The second kappa shape index (κ2) is 6.09. The van der Waals surface area contributed by atoms with Gasteiger partial charge in [0.15, 0.2) is 0 Å². The van der Waals surface area contributed by atoms with Gasteiger partial charge in [-0.05, 0) is 18.6 Å². The number of pyridine rings is 1. The Morgan fingerprint density at radius 3 is 2.88 bits per heavy atom. The molecular weight excluding hydrogens is 226 g/mol. The highest BCUT2D eigenvalue weighted by molar-refractivity contribution is 6.18. The molecule has 4 nitrogen and oxygen atoms in total. The molecule has 0 aromatic carbocycles. The number of carbonyl (C=O) groups excluding carboxylic acids is 1. The summed E-state index contributed by atoms with van der Waals surface area (Å²) in [5.41, 5.74) is 0.725.